The van der Waals surface area contributed by atoms with Crippen LogP contribution in [0.2, 0.25) is 0 Å². The lowest BCUT2D eigenvalue weighted by molar-refractivity contribution is -0.121. The third-order valence-electron chi connectivity index (χ3n) is 3.84. The molecule has 0 fully saturated rings. The van der Waals surface area contributed by atoms with Gasteiger partial charge in [0.1, 0.15) is 0 Å². The van der Waals surface area contributed by atoms with E-state index in [1.165, 1.54) is 16.2 Å². The molecule has 1 heterocycles. The minimum atomic E-state index is -0.617. The first-order valence-corrected chi connectivity index (χ1v) is 9.23. The average Bonchev–Trinajstić information content (AvgIpc) is 3.20. The van der Waals surface area contributed by atoms with E-state index >= 15 is 0 Å². The average molecular weight is 381 g/mol. The largest absolute Gasteiger partial charge is 0.451 e. The number of carbonyl (C=O) groups is 2. The Bertz CT molecular complexity index is 897. The molecule has 3 rings (SSSR count). The number of para-hydroxylation sites is 1. The maximum absolute atomic E-state index is 12.2. The van der Waals surface area contributed by atoms with Crippen LogP contribution in [0.4, 0.5) is 10.8 Å². The highest BCUT2D eigenvalue weighted by atomic mass is 32.1. The van der Waals surface area contributed by atoms with Crippen molar-refractivity contribution in [3.63, 3.8) is 0 Å². The van der Waals surface area contributed by atoms with Gasteiger partial charge >= 0.3 is 5.97 Å². The van der Waals surface area contributed by atoms with Crippen molar-refractivity contribution in [3.05, 3.63) is 77.3 Å². The monoisotopic (exact) mass is 381 g/mol. The molecule has 0 bridgehead atoms. The van der Waals surface area contributed by atoms with E-state index in [0.717, 1.165) is 11.3 Å². The number of amides is 1. The summed E-state index contributed by atoms with van der Waals surface area (Å²) in [7, 11) is 1.64. The quantitative estimate of drug-likeness (QED) is 0.634. The van der Waals surface area contributed by atoms with Gasteiger partial charge in [0.2, 0.25) is 0 Å². The van der Waals surface area contributed by atoms with Crippen LogP contribution in [0, 0.1) is 0 Å². The van der Waals surface area contributed by atoms with Crippen molar-refractivity contribution in [1.29, 1.82) is 0 Å². The second-order valence-electron chi connectivity index (χ2n) is 5.74. The van der Waals surface area contributed by atoms with Crippen molar-refractivity contribution >= 4 is 34.0 Å². The van der Waals surface area contributed by atoms with Gasteiger partial charge in [0, 0.05) is 24.7 Å². The first kappa shape index (κ1) is 18.6. The van der Waals surface area contributed by atoms with Crippen molar-refractivity contribution in [1.82, 2.24) is 4.98 Å². The maximum atomic E-state index is 12.2. The Hall–Kier alpha value is -3.19. The van der Waals surface area contributed by atoms with Gasteiger partial charge in [-0.05, 0) is 17.7 Å². The highest BCUT2D eigenvalue weighted by molar-refractivity contribution is 7.13. The van der Waals surface area contributed by atoms with Crippen LogP contribution >= 0.6 is 11.3 Å². The smallest absolute Gasteiger partial charge is 0.358 e. The Morgan fingerprint density at radius 1 is 1.07 bits per heavy atom. The number of nitrogens with zero attached hydrogens (tertiary/aromatic N) is 2. The molecule has 3 aromatic rings. The minimum absolute atomic E-state index is 0.186. The Kier molecular flexibility index (Phi) is 6.17. The van der Waals surface area contributed by atoms with Crippen LogP contribution < -0.4 is 10.2 Å². The zero-order valence-electron chi connectivity index (χ0n) is 14.8. The van der Waals surface area contributed by atoms with Crippen LogP contribution in [0.1, 0.15) is 16.1 Å². The molecule has 0 saturated carbocycles. The number of thiazole rings is 1. The van der Waals surface area contributed by atoms with Crippen molar-refractivity contribution < 1.29 is 14.3 Å². The summed E-state index contributed by atoms with van der Waals surface area (Å²) in [5.74, 6) is -0.930. The SMILES string of the molecule is CN(C(=O)COC(=O)c1csc(NCc2ccccc2)n1)c1ccccc1. The third-order valence-corrected chi connectivity index (χ3v) is 4.64. The van der Waals surface area contributed by atoms with Gasteiger partial charge in [0.25, 0.3) is 5.91 Å². The van der Waals surface area contributed by atoms with E-state index in [0.29, 0.717) is 11.7 Å². The van der Waals surface area contributed by atoms with Crippen LogP contribution in [-0.4, -0.2) is 30.5 Å². The van der Waals surface area contributed by atoms with E-state index in [-0.39, 0.29) is 18.2 Å². The van der Waals surface area contributed by atoms with Gasteiger partial charge in [0.15, 0.2) is 17.4 Å². The number of carbonyl (C=O) groups excluding carboxylic acids is 2. The van der Waals surface area contributed by atoms with E-state index in [2.05, 4.69) is 10.3 Å². The Balaban J connectivity index is 1.50. The van der Waals surface area contributed by atoms with E-state index < -0.39 is 5.97 Å². The number of aromatic nitrogens is 1. The van der Waals surface area contributed by atoms with Gasteiger partial charge in [0.05, 0.1) is 0 Å². The lowest BCUT2D eigenvalue weighted by Gasteiger charge is -2.16. The number of ether oxygens (including phenoxy) is 1. The molecular formula is C20H19N3O3S. The van der Waals surface area contributed by atoms with Gasteiger partial charge in [-0.15, -0.1) is 11.3 Å². The number of anilines is 2. The van der Waals surface area contributed by atoms with Gasteiger partial charge < -0.3 is 15.0 Å². The standard InChI is InChI=1S/C20H19N3O3S/c1-23(16-10-6-3-7-11-16)18(24)13-26-19(25)17-14-27-20(22-17)21-12-15-8-4-2-5-9-15/h2-11,14H,12-13H2,1H3,(H,21,22). The summed E-state index contributed by atoms with van der Waals surface area (Å²) >= 11 is 1.32. The zero-order valence-corrected chi connectivity index (χ0v) is 15.6. The fourth-order valence-electron chi connectivity index (χ4n) is 2.32. The van der Waals surface area contributed by atoms with Gasteiger partial charge in [-0.1, -0.05) is 48.5 Å². The van der Waals surface area contributed by atoms with Crippen LogP contribution in [0.25, 0.3) is 0 Å². The number of benzene rings is 2. The molecule has 0 spiro atoms. The van der Waals surface area contributed by atoms with Crippen molar-refractivity contribution in [2.24, 2.45) is 0 Å². The Labute approximate surface area is 161 Å². The number of hydrogen-bond acceptors (Lipinski definition) is 6. The summed E-state index contributed by atoms with van der Waals surface area (Å²) in [5, 5.41) is 5.40. The normalized spacial score (nSPS) is 10.3. The zero-order chi connectivity index (χ0) is 19.1. The summed E-state index contributed by atoms with van der Waals surface area (Å²) in [6.45, 7) is 0.276. The molecule has 6 nitrogen and oxygen atoms in total. The fraction of sp³-hybridized carbons (Fsp3) is 0.150. The van der Waals surface area contributed by atoms with Crippen molar-refractivity contribution in [2.45, 2.75) is 6.54 Å². The lowest BCUT2D eigenvalue weighted by Crippen LogP contribution is -2.31. The molecule has 0 aliphatic heterocycles. The summed E-state index contributed by atoms with van der Waals surface area (Å²) in [5.41, 5.74) is 2.04. The highest BCUT2D eigenvalue weighted by Gasteiger charge is 2.17. The van der Waals surface area contributed by atoms with Gasteiger partial charge in [-0.2, -0.15) is 0 Å². The minimum Gasteiger partial charge on any atom is -0.451 e. The molecule has 1 N–H and O–H groups in total. The van der Waals surface area contributed by atoms with E-state index in [1.54, 1.807) is 12.4 Å². The molecular weight excluding hydrogens is 362 g/mol. The topological polar surface area (TPSA) is 71.5 Å². The molecule has 0 saturated heterocycles. The molecule has 0 radical (unpaired) electrons. The first-order chi connectivity index (χ1) is 13.1. The second kappa shape index (κ2) is 8.95. The van der Waals surface area contributed by atoms with Crippen LogP contribution in [0.3, 0.4) is 0 Å². The first-order valence-electron chi connectivity index (χ1n) is 8.35. The second-order valence-corrected chi connectivity index (χ2v) is 6.60. The molecule has 2 aromatic carbocycles. The lowest BCUT2D eigenvalue weighted by atomic mass is 10.2. The van der Waals surface area contributed by atoms with Crippen LogP contribution in [0.15, 0.2) is 66.0 Å². The number of esters is 1. The molecule has 27 heavy (non-hydrogen) atoms. The van der Waals surface area contributed by atoms with Crippen LogP contribution in [-0.2, 0) is 16.1 Å². The molecule has 1 aromatic heterocycles. The molecule has 0 unspecified atom stereocenters. The molecule has 7 heteroatoms. The van der Waals surface area contributed by atoms with E-state index in [4.69, 9.17) is 4.74 Å². The summed E-state index contributed by atoms with van der Waals surface area (Å²) in [6, 6.07) is 19.1. The number of rotatable bonds is 7. The fourth-order valence-corrected chi connectivity index (χ4v) is 2.99. The molecule has 1 amide bonds. The van der Waals surface area contributed by atoms with Crippen molar-refractivity contribution in [2.75, 3.05) is 23.9 Å². The van der Waals surface area contributed by atoms with E-state index in [9.17, 15) is 9.59 Å². The number of hydrogen-bond donors (Lipinski definition) is 1. The number of likely N-dealkylation sites (N-methyl/N-ethyl adjacent to an activating group) is 1. The highest BCUT2D eigenvalue weighted by Crippen LogP contribution is 2.17. The molecule has 0 aliphatic carbocycles. The summed E-state index contributed by atoms with van der Waals surface area (Å²) in [4.78, 5) is 29.9. The predicted molar refractivity (Wildman–Crippen MR) is 106 cm³/mol. The number of nitrogens with one attached hydrogen (secondary N) is 1. The summed E-state index contributed by atoms with van der Waals surface area (Å²) in [6.07, 6.45) is 0. The van der Waals surface area contributed by atoms with Crippen molar-refractivity contribution in [3.8, 4) is 0 Å². The Morgan fingerprint density at radius 3 is 2.44 bits per heavy atom. The van der Waals surface area contributed by atoms with Gasteiger partial charge in [-0.3, -0.25) is 4.79 Å². The third kappa shape index (κ3) is 5.15. The van der Waals surface area contributed by atoms with Gasteiger partial charge in [-0.25, -0.2) is 9.78 Å². The molecule has 138 valence electrons. The predicted octanol–water partition coefficient (Wildman–Crippen LogP) is 3.58. The van der Waals surface area contributed by atoms with E-state index in [1.807, 2.05) is 60.7 Å². The molecule has 0 atom stereocenters. The Morgan fingerprint density at radius 2 is 1.74 bits per heavy atom. The maximum Gasteiger partial charge on any atom is 0.358 e. The molecule has 0 aliphatic rings. The summed E-state index contributed by atoms with van der Waals surface area (Å²) < 4.78 is 5.09. The van der Waals surface area contributed by atoms with Crippen LogP contribution in [0.5, 0.6) is 0 Å².